The normalized spacial score (nSPS) is 16.0. The fourth-order valence-corrected chi connectivity index (χ4v) is 8.48. The number of aromatic hydroxyl groups is 1. The molecule has 204 valence electrons. The van der Waals surface area contributed by atoms with Crippen LogP contribution in [0.4, 0.5) is 13.2 Å². The Labute approximate surface area is 219 Å². The summed E-state index contributed by atoms with van der Waals surface area (Å²) in [6, 6.07) is 16.6. The molecule has 3 aromatic rings. The van der Waals surface area contributed by atoms with Gasteiger partial charge in [0.25, 0.3) is 20.0 Å². The number of sulfonamides is 2. The Hall–Kier alpha value is -3.13. The minimum atomic E-state index is -5.06. The molecule has 0 aromatic heterocycles. The average molecular weight is 571 g/mol. The maximum absolute atomic E-state index is 13.8. The van der Waals surface area contributed by atoms with Crippen LogP contribution in [0.3, 0.4) is 0 Å². The highest BCUT2D eigenvalue weighted by Gasteiger charge is 2.43. The molecule has 8 nitrogen and oxygen atoms in total. The van der Waals surface area contributed by atoms with Crippen LogP contribution in [0.15, 0.2) is 88.7 Å². The lowest BCUT2D eigenvalue weighted by atomic mass is 10.1. The van der Waals surface area contributed by atoms with E-state index >= 15 is 0 Å². The van der Waals surface area contributed by atoms with E-state index < -0.39 is 43.1 Å². The van der Waals surface area contributed by atoms with Crippen LogP contribution in [0.25, 0.3) is 0 Å². The maximum Gasteiger partial charge on any atom is 0.573 e. The zero-order valence-corrected chi connectivity index (χ0v) is 21.6. The molecule has 1 saturated heterocycles. The summed E-state index contributed by atoms with van der Waals surface area (Å²) >= 11 is 0. The zero-order chi connectivity index (χ0) is 27.6. The fourth-order valence-electron chi connectivity index (χ4n) is 4.31. The first-order valence-corrected chi connectivity index (χ1v) is 14.4. The van der Waals surface area contributed by atoms with Crippen LogP contribution >= 0.6 is 0 Å². The van der Waals surface area contributed by atoms with Gasteiger partial charge >= 0.3 is 6.36 Å². The van der Waals surface area contributed by atoms with Crippen molar-refractivity contribution in [3.63, 3.8) is 0 Å². The van der Waals surface area contributed by atoms with Gasteiger partial charge in [0.05, 0.1) is 9.79 Å². The number of likely N-dealkylation sites (tertiary alicyclic amines) is 1. The molecule has 0 bridgehead atoms. The van der Waals surface area contributed by atoms with Gasteiger partial charge in [-0.2, -0.15) is 0 Å². The van der Waals surface area contributed by atoms with Gasteiger partial charge in [-0.3, -0.25) is 4.90 Å². The van der Waals surface area contributed by atoms with Gasteiger partial charge in [-0.05, 0) is 54.8 Å². The lowest BCUT2D eigenvalue weighted by molar-refractivity contribution is -0.274. The third kappa shape index (κ3) is 6.46. The highest BCUT2D eigenvalue weighted by molar-refractivity contribution is 8.04. The van der Waals surface area contributed by atoms with Crippen molar-refractivity contribution in [2.75, 3.05) is 13.1 Å². The molecule has 1 aliphatic heterocycles. The van der Waals surface area contributed by atoms with Gasteiger partial charge in [-0.1, -0.05) is 40.1 Å². The molecule has 3 aromatic carbocycles. The molecule has 1 aliphatic rings. The van der Waals surface area contributed by atoms with E-state index in [9.17, 15) is 35.1 Å². The van der Waals surface area contributed by atoms with Gasteiger partial charge < -0.3 is 9.84 Å². The summed E-state index contributed by atoms with van der Waals surface area (Å²) in [4.78, 5) is 1.03. The maximum atomic E-state index is 13.8. The number of hydrogen-bond acceptors (Lipinski definition) is 7. The van der Waals surface area contributed by atoms with Gasteiger partial charge in [-0.25, -0.2) is 16.8 Å². The van der Waals surface area contributed by atoms with Crippen molar-refractivity contribution in [2.24, 2.45) is 0 Å². The molecule has 0 atom stereocenters. The number of halogens is 3. The number of benzene rings is 3. The van der Waals surface area contributed by atoms with E-state index in [1.54, 1.807) is 0 Å². The quantitative estimate of drug-likeness (QED) is 0.430. The number of ether oxygens (including phenoxy) is 1. The predicted molar refractivity (Wildman–Crippen MR) is 132 cm³/mol. The predicted octanol–water partition coefficient (Wildman–Crippen LogP) is 4.34. The van der Waals surface area contributed by atoms with Crippen LogP contribution in [0.2, 0.25) is 0 Å². The molecule has 1 N–H and O–H groups in total. The number of hydrogen-bond donors (Lipinski definition) is 1. The van der Waals surface area contributed by atoms with Crippen LogP contribution in [-0.4, -0.2) is 56.0 Å². The fraction of sp³-hybridized carbons (Fsp3) is 0.280. The second-order valence-electron chi connectivity index (χ2n) is 8.74. The first kappa shape index (κ1) is 27.9. The Kier molecular flexibility index (Phi) is 8.02. The van der Waals surface area contributed by atoms with E-state index in [2.05, 4.69) is 9.64 Å². The van der Waals surface area contributed by atoms with Crippen molar-refractivity contribution in [3.05, 3.63) is 84.4 Å². The second-order valence-corrected chi connectivity index (χ2v) is 12.6. The van der Waals surface area contributed by atoms with Gasteiger partial charge in [0.2, 0.25) is 0 Å². The summed E-state index contributed by atoms with van der Waals surface area (Å²) in [5.41, 5.74) is 1.05. The third-order valence-electron chi connectivity index (χ3n) is 6.05. The molecule has 1 fully saturated rings. The molecule has 0 aliphatic carbocycles. The second kappa shape index (κ2) is 10.9. The Morgan fingerprint density at radius 3 is 2.05 bits per heavy atom. The molecule has 0 unspecified atom stereocenters. The summed E-state index contributed by atoms with van der Waals surface area (Å²) in [6.07, 6.45) is -4.73. The summed E-state index contributed by atoms with van der Waals surface area (Å²) in [6.45, 7) is 1.39. The highest BCUT2D eigenvalue weighted by Crippen LogP contribution is 2.34. The lowest BCUT2D eigenvalue weighted by Gasteiger charge is -2.37. The summed E-state index contributed by atoms with van der Waals surface area (Å²) < 4.78 is 97.4. The third-order valence-corrected chi connectivity index (χ3v) is 10.5. The van der Waals surface area contributed by atoms with Gasteiger partial charge in [0.15, 0.2) is 0 Å². The van der Waals surface area contributed by atoms with Crippen molar-refractivity contribution in [1.82, 2.24) is 8.61 Å². The molecule has 38 heavy (non-hydrogen) atoms. The molecule has 4 rings (SSSR count). The van der Waals surface area contributed by atoms with E-state index in [1.165, 1.54) is 0 Å². The van der Waals surface area contributed by atoms with E-state index in [1.807, 2.05) is 30.3 Å². The van der Waals surface area contributed by atoms with Gasteiger partial charge in [-0.15, -0.1) is 13.2 Å². The molecule has 13 heteroatoms. The van der Waals surface area contributed by atoms with E-state index in [0.29, 0.717) is 29.4 Å². The molecular weight excluding hydrogens is 545 g/mol. The van der Waals surface area contributed by atoms with Crippen molar-refractivity contribution in [1.29, 1.82) is 0 Å². The monoisotopic (exact) mass is 570 g/mol. The minimum absolute atomic E-state index is 0.169. The van der Waals surface area contributed by atoms with Gasteiger partial charge in [0, 0.05) is 31.7 Å². The van der Waals surface area contributed by atoms with Crippen molar-refractivity contribution >= 4 is 20.0 Å². The first-order chi connectivity index (χ1) is 17.9. The molecule has 0 spiro atoms. The largest absolute Gasteiger partial charge is 0.573 e. The Morgan fingerprint density at radius 2 is 1.45 bits per heavy atom. The smallest absolute Gasteiger partial charge is 0.508 e. The van der Waals surface area contributed by atoms with E-state index in [0.717, 1.165) is 48.0 Å². The summed E-state index contributed by atoms with van der Waals surface area (Å²) in [5.74, 6) is -1.01. The summed E-state index contributed by atoms with van der Waals surface area (Å²) in [7, 11) is -9.55. The zero-order valence-electron chi connectivity index (χ0n) is 20.0. The van der Waals surface area contributed by atoms with Crippen LogP contribution < -0.4 is 4.74 Å². The average Bonchev–Trinajstić information content (AvgIpc) is 2.85. The molecule has 0 amide bonds. The topological polar surface area (TPSA) is 104 Å². The number of alkyl halides is 3. The SMILES string of the molecule is O=S(=O)(c1ccc(O)cc1)N(C1CCN(Cc2ccccc2)CC1)S(=O)(=O)c1cccc(OC(F)(F)F)c1. The number of piperidine rings is 1. The van der Waals surface area contributed by atoms with Crippen LogP contribution in [0, 0.1) is 0 Å². The van der Waals surface area contributed by atoms with Crippen molar-refractivity contribution < 1.29 is 39.9 Å². The molecule has 0 saturated carbocycles. The van der Waals surface area contributed by atoms with Gasteiger partial charge in [0.1, 0.15) is 11.5 Å². The Balaban J connectivity index is 1.68. The summed E-state index contributed by atoms with van der Waals surface area (Å²) in [5, 5.41) is 9.58. The Bertz CT molecular complexity index is 1460. The van der Waals surface area contributed by atoms with Crippen LogP contribution in [0.1, 0.15) is 18.4 Å². The van der Waals surface area contributed by atoms with Crippen LogP contribution in [0.5, 0.6) is 11.5 Å². The lowest BCUT2D eigenvalue weighted by Crippen LogP contribution is -2.49. The standard InChI is InChI=1S/C25H25F3N2O6S2/c26-25(27,28)36-22-7-4-8-24(17-22)38(34,35)30(37(32,33)23-11-9-21(31)10-12-23)20-13-15-29(16-14-20)18-19-5-2-1-3-6-19/h1-12,17,20,31H,13-16,18H2. The first-order valence-electron chi connectivity index (χ1n) is 11.6. The number of phenolic OH excluding ortho intramolecular Hbond substituents is 1. The van der Waals surface area contributed by atoms with Crippen molar-refractivity contribution in [2.45, 2.75) is 41.6 Å². The molecule has 1 heterocycles. The number of nitrogens with zero attached hydrogens (tertiary/aromatic N) is 2. The molecule has 0 radical (unpaired) electrons. The number of rotatable bonds is 8. The number of phenols is 1. The van der Waals surface area contributed by atoms with Crippen molar-refractivity contribution in [3.8, 4) is 11.5 Å². The Morgan fingerprint density at radius 1 is 0.842 bits per heavy atom. The molecular formula is C25H25F3N2O6S2. The minimum Gasteiger partial charge on any atom is -0.508 e. The van der Waals surface area contributed by atoms with E-state index in [-0.39, 0.29) is 23.5 Å². The highest BCUT2D eigenvalue weighted by atomic mass is 32.3. The van der Waals surface area contributed by atoms with E-state index in [4.69, 9.17) is 0 Å². The van der Waals surface area contributed by atoms with Crippen LogP contribution in [-0.2, 0) is 26.6 Å².